The molecule has 2 N–H and O–H groups in total. The Bertz CT molecular complexity index is 1300. The van der Waals surface area contributed by atoms with Gasteiger partial charge in [-0.2, -0.15) is 0 Å². The maximum Gasteiger partial charge on any atom is 0.235 e. The van der Waals surface area contributed by atoms with Crippen LogP contribution < -0.4 is 20.1 Å². The molecule has 2 aromatic heterocycles. The average Bonchev–Trinajstić information content (AvgIpc) is 2.91. The highest BCUT2D eigenvalue weighted by Gasteiger charge is 2.29. The fraction of sp³-hybridized carbons (Fsp3) is 0.423. The van der Waals surface area contributed by atoms with E-state index in [0.717, 1.165) is 64.5 Å². The van der Waals surface area contributed by atoms with Crippen LogP contribution in [-0.2, 0) is 17.8 Å². The smallest absolute Gasteiger partial charge is 0.235 e. The molecule has 8 nitrogen and oxygen atoms in total. The number of pyridine rings is 2. The lowest BCUT2D eigenvalue weighted by Gasteiger charge is -2.35. The van der Waals surface area contributed by atoms with E-state index in [1.807, 2.05) is 36.5 Å². The molecule has 38 heavy (non-hydrogen) atoms. The SMILES string of the molecule is Cl.Cl.O=C1CSc2ccc(CN[C@@H]3CCN(CCc4ccnc5ccc6c(c45)OCCO6)C[C@H]3F)nc2N1. The van der Waals surface area contributed by atoms with Crippen molar-refractivity contribution in [1.29, 1.82) is 0 Å². The van der Waals surface area contributed by atoms with Crippen molar-refractivity contribution < 1.29 is 18.7 Å². The van der Waals surface area contributed by atoms with E-state index < -0.39 is 6.17 Å². The van der Waals surface area contributed by atoms with Gasteiger partial charge < -0.3 is 20.1 Å². The Kier molecular flexibility index (Phi) is 9.54. The zero-order chi connectivity index (χ0) is 24.5. The number of benzene rings is 1. The summed E-state index contributed by atoms with van der Waals surface area (Å²) in [4.78, 5) is 23.8. The van der Waals surface area contributed by atoms with Crippen molar-refractivity contribution >= 4 is 59.2 Å². The van der Waals surface area contributed by atoms with Crippen molar-refractivity contribution in [2.75, 3.05) is 43.9 Å². The molecule has 2 atom stereocenters. The van der Waals surface area contributed by atoms with Gasteiger partial charge in [0.25, 0.3) is 0 Å². The number of ether oxygens (including phenoxy) is 2. The number of piperidine rings is 1. The number of nitrogens with zero attached hydrogens (tertiary/aromatic N) is 3. The van der Waals surface area contributed by atoms with Crippen LogP contribution in [0, 0.1) is 0 Å². The third-order valence-electron chi connectivity index (χ3n) is 6.90. The molecule has 3 aliphatic heterocycles. The van der Waals surface area contributed by atoms with Crippen LogP contribution in [0.1, 0.15) is 17.7 Å². The van der Waals surface area contributed by atoms with E-state index in [0.29, 0.717) is 37.9 Å². The van der Waals surface area contributed by atoms with Crippen molar-refractivity contribution in [2.24, 2.45) is 0 Å². The number of alkyl halides is 1. The summed E-state index contributed by atoms with van der Waals surface area (Å²) in [5.74, 6) is 2.50. The van der Waals surface area contributed by atoms with Gasteiger partial charge in [-0.05, 0) is 55.3 Å². The van der Waals surface area contributed by atoms with Crippen molar-refractivity contribution in [1.82, 2.24) is 20.2 Å². The minimum atomic E-state index is -0.967. The van der Waals surface area contributed by atoms with Gasteiger partial charge >= 0.3 is 0 Å². The minimum Gasteiger partial charge on any atom is -0.486 e. The highest BCUT2D eigenvalue weighted by Crippen LogP contribution is 2.39. The van der Waals surface area contributed by atoms with Crippen molar-refractivity contribution in [3.8, 4) is 11.5 Å². The number of likely N-dealkylation sites (tertiary alicyclic amines) is 1. The maximum atomic E-state index is 15.1. The molecule has 1 amide bonds. The molecule has 12 heteroatoms. The van der Waals surface area contributed by atoms with E-state index in [1.54, 1.807) is 0 Å². The Morgan fingerprint density at radius 3 is 2.89 bits per heavy atom. The number of thioether (sulfide) groups is 1. The van der Waals surface area contributed by atoms with E-state index in [4.69, 9.17) is 9.47 Å². The average molecular weight is 583 g/mol. The van der Waals surface area contributed by atoms with Gasteiger partial charge in [-0.1, -0.05) is 0 Å². The van der Waals surface area contributed by atoms with Crippen molar-refractivity contribution in [2.45, 2.75) is 36.5 Å². The number of hydrogen-bond donors (Lipinski definition) is 2. The van der Waals surface area contributed by atoms with Gasteiger partial charge in [-0.15, -0.1) is 36.6 Å². The number of anilines is 1. The molecular formula is C26H30Cl2FN5O3S. The number of hydrogen-bond acceptors (Lipinski definition) is 8. The van der Waals surface area contributed by atoms with Gasteiger partial charge in [-0.25, -0.2) is 9.37 Å². The minimum absolute atomic E-state index is 0. The predicted octanol–water partition coefficient (Wildman–Crippen LogP) is 4.03. The Morgan fingerprint density at radius 1 is 1.16 bits per heavy atom. The van der Waals surface area contributed by atoms with E-state index in [-0.39, 0.29) is 36.8 Å². The van der Waals surface area contributed by atoms with Crippen LogP contribution in [0.25, 0.3) is 10.9 Å². The van der Waals surface area contributed by atoms with E-state index in [1.165, 1.54) is 11.8 Å². The molecule has 1 saturated heterocycles. The van der Waals surface area contributed by atoms with Crippen LogP contribution in [0.2, 0.25) is 0 Å². The number of fused-ring (bicyclic) bond motifs is 4. The second kappa shape index (κ2) is 12.7. The third-order valence-corrected chi connectivity index (χ3v) is 7.95. The summed E-state index contributed by atoms with van der Waals surface area (Å²) in [6, 6.07) is 9.58. The molecule has 0 aliphatic carbocycles. The Balaban J connectivity index is 0.00000168. The number of rotatable bonds is 6. The second-order valence-corrected chi connectivity index (χ2v) is 10.3. The topological polar surface area (TPSA) is 88.6 Å². The van der Waals surface area contributed by atoms with E-state index in [2.05, 4.69) is 25.5 Å². The third kappa shape index (κ3) is 6.10. The summed E-state index contributed by atoms with van der Waals surface area (Å²) in [5, 5.41) is 7.14. The molecule has 0 radical (unpaired) electrons. The van der Waals surface area contributed by atoms with Crippen LogP contribution in [0.5, 0.6) is 11.5 Å². The van der Waals surface area contributed by atoms with Crippen LogP contribution in [0.15, 0.2) is 41.4 Å². The number of amides is 1. The molecule has 204 valence electrons. The highest BCUT2D eigenvalue weighted by molar-refractivity contribution is 8.00. The summed E-state index contributed by atoms with van der Waals surface area (Å²) in [6.07, 6.45) is 2.36. The highest BCUT2D eigenvalue weighted by atomic mass is 35.5. The standard InChI is InChI=1S/C26H28FN5O3S.2ClH/c27-18-14-32(9-6-16-5-8-28-20-2-3-21-25(24(16)20)35-12-11-34-21)10-7-19(18)29-13-17-1-4-22-26(30-17)31-23(33)15-36-22;;/h1-5,8,18-19,29H,6-7,9-15H2,(H,30,31,33);2*1H/t18-,19-;;/m1../s1. The first-order valence-corrected chi connectivity index (χ1v) is 13.3. The molecule has 5 heterocycles. The Hall–Kier alpha value is -2.37. The van der Waals surface area contributed by atoms with Gasteiger partial charge in [0.1, 0.15) is 25.2 Å². The lowest BCUT2D eigenvalue weighted by molar-refractivity contribution is -0.113. The Labute approximate surface area is 237 Å². The fourth-order valence-electron chi connectivity index (χ4n) is 5.04. The maximum absolute atomic E-state index is 15.1. The second-order valence-electron chi connectivity index (χ2n) is 9.28. The van der Waals surface area contributed by atoms with Gasteiger partial charge in [-0.3, -0.25) is 14.7 Å². The zero-order valence-corrected chi connectivity index (χ0v) is 23.1. The summed E-state index contributed by atoms with van der Waals surface area (Å²) in [6.45, 7) is 3.52. The van der Waals surface area contributed by atoms with Crippen molar-refractivity contribution in [3.05, 3.63) is 47.8 Å². The molecular weight excluding hydrogens is 552 g/mol. The largest absolute Gasteiger partial charge is 0.486 e. The number of aromatic nitrogens is 2. The summed E-state index contributed by atoms with van der Waals surface area (Å²) < 4.78 is 26.8. The zero-order valence-electron chi connectivity index (χ0n) is 20.7. The van der Waals surface area contributed by atoms with Crippen molar-refractivity contribution in [3.63, 3.8) is 0 Å². The van der Waals surface area contributed by atoms with Crippen LogP contribution >= 0.6 is 36.6 Å². The molecule has 0 spiro atoms. The van der Waals surface area contributed by atoms with Crippen LogP contribution in [0.3, 0.4) is 0 Å². The molecule has 0 bridgehead atoms. The van der Waals surface area contributed by atoms with Gasteiger partial charge in [0, 0.05) is 37.3 Å². The normalized spacial score (nSPS) is 20.6. The first-order valence-electron chi connectivity index (χ1n) is 12.3. The predicted molar refractivity (Wildman–Crippen MR) is 151 cm³/mol. The molecule has 3 aromatic rings. The quantitative estimate of drug-likeness (QED) is 0.451. The molecule has 0 saturated carbocycles. The van der Waals surface area contributed by atoms with E-state index in [9.17, 15) is 4.79 Å². The van der Waals surface area contributed by atoms with Crippen LogP contribution in [-0.4, -0.2) is 71.6 Å². The van der Waals surface area contributed by atoms with Gasteiger partial charge in [0.15, 0.2) is 11.5 Å². The molecule has 1 aromatic carbocycles. The molecule has 1 fully saturated rings. The number of nitrogens with one attached hydrogen (secondary N) is 2. The summed E-state index contributed by atoms with van der Waals surface area (Å²) >= 11 is 1.49. The summed E-state index contributed by atoms with van der Waals surface area (Å²) in [7, 11) is 0. The number of carbonyl (C=O) groups excluding carboxylic acids is 1. The first-order chi connectivity index (χ1) is 17.6. The Morgan fingerprint density at radius 2 is 2.03 bits per heavy atom. The van der Waals surface area contributed by atoms with Crippen LogP contribution in [0.4, 0.5) is 10.2 Å². The molecule has 0 unspecified atom stereocenters. The number of halogens is 3. The number of carbonyl (C=O) groups is 1. The summed E-state index contributed by atoms with van der Waals surface area (Å²) in [5.41, 5.74) is 2.82. The lowest BCUT2D eigenvalue weighted by Crippen LogP contribution is -2.51. The molecule has 6 rings (SSSR count). The van der Waals surface area contributed by atoms with Gasteiger partial charge in [0.2, 0.25) is 5.91 Å². The lowest BCUT2D eigenvalue weighted by atomic mass is 10.0. The fourth-order valence-corrected chi connectivity index (χ4v) is 5.80. The monoisotopic (exact) mass is 581 g/mol. The van der Waals surface area contributed by atoms with E-state index >= 15 is 4.39 Å². The van der Waals surface area contributed by atoms with Gasteiger partial charge in [0.05, 0.1) is 21.9 Å². The molecule has 3 aliphatic rings. The first kappa shape index (κ1) is 28.6.